The van der Waals surface area contributed by atoms with Crippen molar-refractivity contribution in [3.63, 3.8) is 0 Å². The van der Waals surface area contributed by atoms with Crippen molar-refractivity contribution in [2.75, 3.05) is 54.4 Å². The van der Waals surface area contributed by atoms with Gasteiger partial charge in [0.2, 0.25) is 23.3 Å². The van der Waals surface area contributed by atoms with Crippen LogP contribution < -0.4 is 5.32 Å². The average Bonchev–Trinajstić information content (AvgIpc) is 4.09. The van der Waals surface area contributed by atoms with Crippen molar-refractivity contribution in [1.82, 2.24) is 39.1 Å². The fraction of sp³-hybridized carbons (Fsp3) is 0.462. The minimum Gasteiger partial charge on any atom is -0.475 e. The van der Waals surface area contributed by atoms with E-state index in [0.29, 0.717) is 41.0 Å². The summed E-state index contributed by atoms with van der Waals surface area (Å²) in [5, 5.41) is 14.9. The molecular weight excluding hydrogens is 852 g/mol. The number of carbonyl (C=O) groups excluding carboxylic acids is 1. The highest BCUT2D eigenvalue weighted by atomic mass is 35.5. The molecule has 1 amide bonds. The summed E-state index contributed by atoms with van der Waals surface area (Å²) < 4.78 is 16.7. The molecule has 6 aliphatic heterocycles. The molecule has 14 heteroatoms. The Kier molecular flexibility index (Phi) is 12.0. The van der Waals surface area contributed by atoms with Crippen molar-refractivity contribution in [3.05, 3.63) is 118 Å². The highest BCUT2D eigenvalue weighted by molar-refractivity contribution is 5.94. The van der Waals surface area contributed by atoms with Gasteiger partial charge < -0.3 is 33.3 Å². The summed E-state index contributed by atoms with van der Waals surface area (Å²) in [6.07, 6.45) is 13.7. The molecule has 4 atom stereocenters. The lowest BCUT2D eigenvalue weighted by atomic mass is 9.66. The molecule has 348 valence electrons. The molecule has 0 radical (unpaired) electrons. The van der Waals surface area contributed by atoms with Gasteiger partial charge in [-0.15, -0.1) is 12.4 Å². The Labute approximate surface area is 392 Å². The van der Waals surface area contributed by atoms with E-state index >= 15 is 0 Å². The van der Waals surface area contributed by atoms with Crippen molar-refractivity contribution in [1.29, 1.82) is 0 Å². The monoisotopic (exact) mass is 914 g/mol. The van der Waals surface area contributed by atoms with Gasteiger partial charge in [-0.2, -0.15) is 0 Å². The fourth-order valence-electron chi connectivity index (χ4n) is 12.5. The molecule has 6 aromatic rings. The minimum absolute atomic E-state index is 0. The van der Waals surface area contributed by atoms with E-state index < -0.39 is 5.97 Å². The van der Waals surface area contributed by atoms with Gasteiger partial charge in [-0.3, -0.25) is 14.6 Å². The summed E-state index contributed by atoms with van der Waals surface area (Å²) in [6.45, 7) is 12.7. The zero-order valence-electron chi connectivity index (χ0n) is 39.5. The van der Waals surface area contributed by atoms with E-state index in [1.165, 1.54) is 51.6 Å². The fourth-order valence-corrected chi connectivity index (χ4v) is 12.5. The Morgan fingerprint density at radius 3 is 1.56 bits per heavy atom. The van der Waals surface area contributed by atoms with Gasteiger partial charge in [0.15, 0.2) is 0 Å². The molecule has 2 saturated heterocycles. The third-order valence-corrected chi connectivity index (χ3v) is 15.3. The molecule has 2 N–H and O–H groups in total. The van der Waals surface area contributed by atoms with Crippen LogP contribution in [0, 0.1) is 24.7 Å². The first-order valence-corrected chi connectivity index (χ1v) is 23.6. The van der Waals surface area contributed by atoms with Crippen LogP contribution in [0.4, 0.5) is 0 Å². The third kappa shape index (κ3) is 6.82. The number of hydrogen-bond donors (Lipinski definition) is 2. The smallest absolute Gasteiger partial charge is 0.373 e. The quantitative estimate of drug-likeness (QED) is 0.166. The van der Waals surface area contributed by atoms with E-state index in [4.69, 9.17) is 13.8 Å². The Morgan fingerprint density at radius 2 is 1.15 bits per heavy atom. The zero-order chi connectivity index (χ0) is 45.5. The van der Waals surface area contributed by atoms with E-state index in [9.17, 15) is 14.7 Å². The number of amides is 1. The summed E-state index contributed by atoms with van der Waals surface area (Å²) >= 11 is 0. The predicted molar refractivity (Wildman–Crippen MR) is 260 cm³/mol. The van der Waals surface area contributed by atoms with Crippen molar-refractivity contribution in [2.24, 2.45) is 10.8 Å². The van der Waals surface area contributed by atoms with Gasteiger partial charge in [-0.1, -0.05) is 50.2 Å². The van der Waals surface area contributed by atoms with Gasteiger partial charge in [0.25, 0.3) is 5.91 Å². The number of oxazole rings is 2. The lowest BCUT2D eigenvalue weighted by Gasteiger charge is -2.53. The van der Waals surface area contributed by atoms with Gasteiger partial charge in [-0.05, 0) is 128 Å². The molecule has 4 aromatic heterocycles. The first-order chi connectivity index (χ1) is 31.4. The minimum atomic E-state index is -1.08. The second-order valence-corrected chi connectivity index (χ2v) is 19.1. The highest BCUT2D eigenvalue weighted by Crippen LogP contribution is 2.59. The molecule has 66 heavy (non-hydrogen) atoms. The van der Waals surface area contributed by atoms with Crippen molar-refractivity contribution >= 4 is 57.5 Å². The number of nitrogens with zero attached hydrogens (tertiary/aromatic N) is 7. The van der Waals surface area contributed by atoms with Gasteiger partial charge in [-0.25, -0.2) is 14.8 Å². The molecule has 0 aliphatic carbocycles. The normalized spacial score (nSPS) is 23.6. The summed E-state index contributed by atoms with van der Waals surface area (Å²) in [7, 11) is 7.24. The second kappa shape index (κ2) is 17.3. The Hall–Kier alpha value is -5.47. The van der Waals surface area contributed by atoms with Crippen LogP contribution in [-0.4, -0.2) is 105 Å². The summed E-state index contributed by atoms with van der Waals surface area (Å²) in [5.74, 6) is -0.0195. The maximum Gasteiger partial charge on any atom is 0.373 e. The number of hydrogen-bond acceptors (Lipinski definition) is 9. The molecule has 0 bridgehead atoms. The lowest BCUT2D eigenvalue weighted by Crippen LogP contribution is -2.50. The van der Waals surface area contributed by atoms with Gasteiger partial charge in [0, 0.05) is 60.2 Å². The molecular formula is C52H63ClN8O5. The van der Waals surface area contributed by atoms with Crippen LogP contribution in [0.25, 0.3) is 33.2 Å². The number of piperidine rings is 2. The number of para-hydroxylation sites is 2. The average molecular weight is 916 g/mol. The number of carbonyl (C=O) groups is 2. The van der Waals surface area contributed by atoms with E-state index in [1.54, 1.807) is 25.9 Å². The number of halogens is 1. The Morgan fingerprint density at radius 1 is 0.727 bits per heavy atom. The molecule has 13 nitrogen and oxygen atoms in total. The summed E-state index contributed by atoms with van der Waals surface area (Å²) in [6, 6.07) is 18.0. The van der Waals surface area contributed by atoms with E-state index in [1.807, 2.05) is 21.0 Å². The molecule has 6 aliphatic rings. The molecule has 10 heterocycles. The topological polar surface area (TPSA) is 138 Å². The van der Waals surface area contributed by atoms with Crippen molar-refractivity contribution < 1.29 is 23.5 Å². The van der Waals surface area contributed by atoms with Crippen LogP contribution in [0.5, 0.6) is 0 Å². The SMILES string of the molecule is CC[C@@]12C=C(c3nc(C)c(C(=O)N(C)C)o3)n3c4c(c5ccccc53)CCN(CCC1)[C@H]42.CC[C@@]12C=C(c3nc(C)c(C(=O)O)o3)n3c4c(c5ccccc53)CCN(CCC1)[C@H]42.CNC.Cl. The zero-order valence-corrected chi connectivity index (χ0v) is 40.3. The number of carboxylic acids is 1. The molecule has 0 saturated carbocycles. The Balaban J connectivity index is 0.000000155. The summed E-state index contributed by atoms with van der Waals surface area (Å²) in [5.41, 5.74) is 11.0. The van der Waals surface area contributed by atoms with Crippen molar-refractivity contribution in [3.8, 4) is 0 Å². The molecule has 2 fully saturated rings. The number of rotatable bonds is 6. The molecule has 2 aromatic carbocycles. The number of aromatic nitrogens is 4. The number of carboxylic acid groups (broad SMARTS) is 1. The van der Waals surface area contributed by atoms with E-state index in [-0.39, 0.29) is 34.9 Å². The van der Waals surface area contributed by atoms with Gasteiger partial charge in [0.05, 0.1) is 34.5 Å². The van der Waals surface area contributed by atoms with Crippen LogP contribution in [0.3, 0.4) is 0 Å². The number of aryl methyl sites for hydroxylation is 2. The van der Waals surface area contributed by atoms with Crippen LogP contribution in [0.2, 0.25) is 0 Å². The predicted octanol–water partition coefficient (Wildman–Crippen LogP) is 9.52. The second-order valence-electron chi connectivity index (χ2n) is 19.1. The third-order valence-electron chi connectivity index (χ3n) is 15.3. The number of nitrogens with one attached hydrogen (secondary N) is 1. The number of fused-ring (bicyclic) bond motifs is 6. The largest absolute Gasteiger partial charge is 0.475 e. The van der Waals surface area contributed by atoms with Gasteiger partial charge in [0.1, 0.15) is 11.4 Å². The number of aromatic carboxylic acids is 1. The van der Waals surface area contributed by atoms with Crippen LogP contribution in [0.1, 0.15) is 131 Å². The number of benzene rings is 2. The summed E-state index contributed by atoms with van der Waals surface area (Å²) in [4.78, 5) is 40.5. The van der Waals surface area contributed by atoms with Crippen LogP contribution in [-0.2, 0) is 12.8 Å². The van der Waals surface area contributed by atoms with Crippen LogP contribution >= 0.6 is 12.4 Å². The van der Waals surface area contributed by atoms with Gasteiger partial charge >= 0.3 is 5.97 Å². The first-order valence-electron chi connectivity index (χ1n) is 23.6. The maximum absolute atomic E-state index is 12.7. The Bertz CT molecular complexity index is 2930. The standard InChI is InChI=1S/C26H30N4O2.C24H25N3O3.C2H7N.ClH/c1-5-26-12-8-13-29-14-11-18-17-9-6-7-10-19(17)30(21(18)23(26)29)20(15-26)24-27-16(2)22(32-24)25(31)28(3)4;1-3-24-10-6-11-26-12-9-16-15-7-4-5-8-17(15)27(19(16)21(24)26)18(13-24)22-25-14(2)20(30-22)23(28)29;1-3-2;/h6-7,9-10,15,23H,5,8,11-14H2,1-4H3;4-5,7-8,13,21H,3,6,9-12H2,1-2H3,(H,28,29);3H,1-2H3;1H/t23-,26+;21-,24+;;/m11../s1. The molecule has 12 rings (SSSR count). The maximum atomic E-state index is 12.7. The van der Waals surface area contributed by atoms with E-state index in [2.05, 4.69) is 104 Å². The van der Waals surface area contributed by atoms with Crippen molar-refractivity contribution in [2.45, 2.75) is 91.1 Å². The molecule has 0 spiro atoms. The van der Waals surface area contributed by atoms with E-state index in [0.717, 1.165) is 81.6 Å². The lowest BCUT2D eigenvalue weighted by molar-refractivity contribution is 0.0269. The first kappa shape index (κ1) is 45.7. The molecule has 0 unspecified atom stereocenters. The highest BCUT2D eigenvalue weighted by Gasteiger charge is 2.52. The van der Waals surface area contributed by atoms with Crippen LogP contribution in [0.15, 0.2) is 69.5 Å².